The molecule has 1 saturated heterocycles. The first-order valence-electron chi connectivity index (χ1n) is 4.69. The fraction of sp³-hybridized carbons (Fsp3) is 0.750. The maximum absolute atomic E-state index is 10.9. The monoisotopic (exact) mass is 199 g/mol. The van der Waals surface area contributed by atoms with Gasteiger partial charge in [0.25, 0.3) is 0 Å². The Labute approximate surface area is 81.7 Å². The minimum absolute atomic E-state index is 0.153. The summed E-state index contributed by atoms with van der Waals surface area (Å²) in [5, 5.41) is 14.6. The van der Waals surface area contributed by atoms with Crippen LogP contribution < -0.4 is 0 Å². The molecule has 0 radical (unpaired) electrons. The first-order chi connectivity index (χ1) is 6.79. The Morgan fingerprint density at radius 1 is 1.57 bits per heavy atom. The summed E-state index contributed by atoms with van der Waals surface area (Å²) in [6.45, 7) is 0.945. The molecule has 6 heteroatoms. The normalized spacial score (nSPS) is 26.4. The average Bonchev–Trinajstić information content (AvgIpc) is 2.70. The van der Waals surface area contributed by atoms with Gasteiger partial charge in [-0.1, -0.05) is 0 Å². The van der Waals surface area contributed by atoms with Crippen molar-refractivity contribution in [1.29, 1.82) is 0 Å². The number of hydrazone groups is 1. The van der Waals surface area contributed by atoms with Crippen molar-refractivity contribution in [2.75, 3.05) is 13.3 Å². The van der Waals surface area contributed by atoms with Crippen LogP contribution in [0, 0.1) is 0 Å². The Balaban J connectivity index is 2.05. The van der Waals surface area contributed by atoms with Gasteiger partial charge in [-0.15, -0.1) is 5.10 Å². The van der Waals surface area contributed by atoms with Crippen LogP contribution in [0.2, 0.25) is 0 Å². The summed E-state index contributed by atoms with van der Waals surface area (Å²) < 4.78 is 4.95. The predicted molar refractivity (Wildman–Crippen MR) is 48.7 cm³/mol. The van der Waals surface area contributed by atoms with E-state index in [1.54, 1.807) is 5.01 Å². The van der Waals surface area contributed by atoms with E-state index in [0.717, 1.165) is 19.3 Å². The van der Waals surface area contributed by atoms with Gasteiger partial charge in [0.2, 0.25) is 0 Å². The minimum atomic E-state index is -0.878. The van der Waals surface area contributed by atoms with Crippen LogP contribution in [0.15, 0.2) is 5.10 Å². The van der Waals surface area contributed by atoms with Gasteiger partial charge < -0.3 is 9.84 Å². The Morgan fingerprint density at radius 3 is 3.07 bits per heavy atom. The number of amides is 1. The highest BCUT2D eigenvalue weighted by Gasteiger charge is 2.32. The highest BCUT2D eigenvalue weighted by atomic mass is 16.5. The van der Waals surface area contributed by atoms with Crippen molar-refractivity contribution in [2.45, 2.75) is 25.4 Å². The van der Waals surface area contributed by atoms with Crippen LogP contribution in [0.25, 0.3) is 0 Å². The number of likely N-dealkylation sites (tertiary alicyclic amines) is 1. The number of carbonyl (C=O) groups is 1. The standard InChI is InChI=1S/C8H13N3O3/c12-8(13)10-4-2-1-3-7(10)11-6-14-5-9-11/h5,7H,1-4,6H2,(H,12,13). The highest BCUT2D eigenvalue weighted by Crippen LogP contribution is 2.21. The molecule has 2 aliphatic heterocycles. The molecule has 2 heterocycles. The summed E-state index contributed by atoms with van der Waals surface area (Å²) in [7, 11) is 0. The van der Waals surface area contributed by atoms with Crippen LogP contribution in [0.1, 0.15) is 19.3 Å². The van der Waals surface area contributed by atoms with Gasteiger partial charge in [-0.25, -0.2) is 9.80 Å². The molecular formula is C8H13N3O3. The third-order valence-corrected chi connectivity index (χ3v) is 2.54. The molecule has 1 atom stereocenters. The van der Waals surface area contributed by atoms with E-state index >= 15 is 0 Å². The summed E-state index contributed by atoms with van der Waals surface area (Å²) in [6, 6.07) is 0. The van der Waals surface area contributed by atoms with Gasteiger partial charge in [0.05, 0.1) is 0 Å². The summed E-state index contributed by atoms with van der Waals surface area (Å²) in [6.07, 6.45) is 3.13. The van der Waals surface area contributed by atoms with Gasteiger partial charge in [0.1, 0.15) is 6.17 Å². The second-order valence-electron chi connectivity index (χ2n) is 3.41. The topological polar surface area (TPSA) is 65.4 Å². The number of nitrogens with zero attached hydrogens (tertiary/aromatic N) is 3. The van der Waals surface area contributed by atoms with Crippen LogP contribution >= 0.6 is 0 Å². The number of hydrogen-bond acceptors (Lipinski definition) is 4. The van der Waals surface area contributed by atoms with Crippen molar-refractivity contribution in [3.63, 3.8) is 0 Å². The molecule has 1 unspecified atom stereocenters. The molecular weight excluding hydrogens is 186 g/mol. The molecule has 14 heavy (non-hydrogen) atoms. The quantitative estimate of drug-likeness (QED) is 0.675. The predicted octanol–water partition coefficient (Wildman–Crippen LogP) is 0.709. The molecule has 0 aliphatic carbocycles. The molecule has 1 fully saturated rings. The van der Waals surface area contributed by atoms with Crippen molar-refractivity contribution in [1.82, 2.24) is 9.91 Å². The Hall–Kier alpha value is -1.46. The summed E-state index contributed by atoms with van der Waals surface area (Å²) in [4.78, 5) is 12.4. The van der Waals surface area contributed by atoms with Crippen LogP contribution in [0.3, 0.4) is 0 Å². The molecule has 1 N–H and O–H groups in total. The molecule has 0 saturated carbocycles. The first kappa shape index (κ1) is 9.11. The highest BCUT2D eigenvalue weighted by molar-refractivity contribution is 5.65. The number of hydrogen-bond donors (Lipinski definition) is 1. The second kappa shape index (κ2) is 3.73. The van der Waals surface area contributed by atoms with E-state index in [2.05, 4.69) is 5.10 Å². The second-order valence-corrected chi connectivity index (χ2v) is 3.41. The molecule has 6 nitrogen and oxygen atoms in total. The lowest BCUT2D eigenvalue weighted by Crippen LogP contribution is -2.50. The lowest BCUT2D eigenvalue weighted by molar-refractivity contribution is 0.000579. The van der Waals surface area contributed by atoms with Gasteiger partial charge in [0.15, 0.2) is 13.1 Å². The van der Waals surface area contributed by atoms with Crippen LogP contribution in [-0.4, -0.2) is 47.0 Å². The molecule has 0 bridgehead atoms. The Kier molecular flexibility index (Phi) is 2.43. The van der Waals surface area contributed by atoms with E-state index in [9.17, 15) is 4.79 Å². The van der Waals surface area contributed by atoms with E-state index in [0.29, 0.717) is 13.3 Å². The molecule has 0 aromatic rings. The van der Waals surface area contributed by atoms with Gasteiger partial charge in [-0.2, -0.15) is 0 Å². The third-order valence-electron chi connectivity index (χ3n) is 2.54. The van der Waals surface area contributed by atoms with Gasteiger partial charge >= 0.3 is 6.09 Å². The zero-order valence-corrected chi connectivity index (χ0v) is 7.80. The maximum atomic E-state index is 10.9. The smallest absolute Gasteiger partial charge is 0.408 e. The van der Waals surface area contributed by atoms with Crippen molar-refractivity contribution in [3.05, 3.63) is 0 Å². The Morgan fingerprint density at radius 2 is 2.43 bits per heavy atom. The van der Waals surface area contributed by atoms with Crippen molar-refractivity contribution in [2.24, 2.45) is 5.10 Å². The fourth-order valence-corrected chi connectivity index (χ4v) is 1.85. The lowest BCUT2D eigenvalue weighted by Gasteiger charge is -2.37. The summed E-state index contributed by atoms with van der Waals surface area (Å²) >= 11 is 0. The molecule has 78 valence electrons. The summed E-state index contributed by atoms with van der Waals surface area (Å²) in [5.41, 5.74) is 0. The number of carboxylic acid groups (broad SMARTS) is 1. The maximum Gasteiger partial charge on any atom is 0.408 e. The van der Waals surface area contributed by atoms with Crippen LogP contribution in [-0.2, 0) is 4.74 Å². The molecule has 2 rings (SSSR count). The molecule has 0 aromatic carbocycles. The van der Waals surface area contributed by atoms with E-state index in [4.69, 9.17) is 9.84 Å². The van der Waals surface area contributed by atoms with E-state index < -0.39 is 6.09 Å². The largest absolute Gasteiger partial charge is 0.465 e. The van der Waals surface area contributed by atoms with E-state index in [-0.39, 0.29) is 6.17 Å². The minimum Gasteiger partial charge on any atom is -0.465 e. The molecule has 1 amide bonds. The third kappa shape index (κ3) is 1.59. The van der Waals surface area contributed by atoms with Gasteiger partial charge in [-0.05, 0) is 19.3 Å². The first-order valence-corrected chi connectivity index (χ1v) is 4.69. The summed E-state index contributed by atoms with van der Waals surface area (Å²) in [5.74, 6) is 0. The Bertz CT molecular complexity index is 256. The zero-order chi connectivity index (χ0) is 9.97. The number of rotatable bonds is 1. The SMILES string of the molecule is O=C(O)N1CCCCC1N1COC=N1. The lowest BCUT2D eigenvalue weighted by atomic mass is 10.1. The van der Waals surface area contributed by atoms with Crippen molar-refractivity contribution in [3.8, 4) is 0 Å². The van der Waals surface area contributed by atoms with Crippen molar-refractivity contribution < 1.29 is 14.6 Å². The molecule has 0 spiro atoms. The van der Waals surface area contributed by atoms with E-state index in [1.165, 1.54) is 11.3 Å². The van der Waals surface area contributed by atoms with Gasteiger partial charge in [-0.3, -0.25) is 4.90 Å². The van der Waals surface area contributed by atoms with Crippen LogP contribution in [0.5, 0.6) is 0 Å². The number of ether oxygens (including phenoxy) is 1. The van der Waals surface area contributed by atoms with Crippen LogP contribution in [0.4, 0.5) is 4.79 Å². The van der Waals surface area contributed by atoms with E-state index in [1.807, 2.05) is 0 Å². The van der Waals surface area contributed by atoms with Crippen molar-refractivity contribution >= 4 is 12.5 Å². The molecule has 0 aromatic heterocycles. The number of piperidine rings is 1. The van der Waals surface area contributed by atoms with Gasteiger partial charge in [0, 0.05) is 6.54 Å². The fourth-order valence-electron chi connectivity index (χ4n) is 1.85. The molecule has 2 aliphatic rings. The average molecular weight is 199 g/mol. The zero-order valence-electron chi connectivity index (χ0n) is 7.80.